The molecule has 0 spiro atoms. The summed E-state index contributed by atoms with van der Waals surface area (Å²) in [6.07, 6.45) is 4.23. The second-order valence-electron chi connectivity index (χ2n) is 7.36. The fraction of sp³-hybridized carbons (Fsp3) is 0. The van der Waals surface area contributed by atoms with Gasteiger partial charge < -0.3 is 4.42 Å². The quantitative estimate of drug-likeness (QED) is 0.253. The van der Waals surface area contributed by atoms with Crippen LogP contribution in [0.3, 0.4) is 0 Å². The third-order valence-corrected chi connectivity index (χ3v) is 5.72. The van der Waals surface area contributed by atoms with Crippen LogP contribution in [0.25, 0.3) is 45.6 Å². The van der Waals surface area contributed by atoms with Crippen molar-refractivity contribution < 1.29 is 4.42 Å². The molecule has 1 heterocycles. The fourth-order valence-corrected chi connectivity index (χ4v) is 4.13. The molecule has 3 heteroatoms. The first-order chi connectivity index (χ1) is 15.2. The molecule has 0 fully saturated rings. The molecule has 0 saturated carbocycles. The van der Waals surface area contributed by atoms with E-state index >= 15 is 0 Å². The van der Waals surface area contributed by atoms with Gasteiger partial charge >= 0.3 is 0 Å². The van der Waals surface area contributed by atoms with Crippen LogP contribution in [0.2, 0.25) is 10.0 Å². The van der Waals surface area contributed by atoms with Crippen molar-refractivity contribution in [3.63, 3.8) is 0 Å². The zero-order chi connectivity index (χ0) is 21.2. The lowest BCUT2D eigenvalue weighted by atomic mass is 10.0. The minimum atomic E-state index is 0.520. The van der Waals surface area contributed by atoms with Crippen molar-refractivity contribution in [3.05, 3.63) is 118 Å². The highest BCUT2D eigenvalue weighted by Gasteiger charge is 2.10. The molecular weight excluding hydrogens is 423 g/mol. The first-order valence-electron chi connectivity index (χ1n) is 9.98. The Morgan fingerprint density at radius 2 is 1.16 bits per heavy atom. The maximum absolute atomic E-state index is 6.24. The molecule has 0 unspecified atom stereocenters. The maximum atomic E-state index is 6.24. The lowest BCUT2D eigenvalue weighted by Gasteiger charge is -2.02. The molecule has 0 N–H and O–H groups in total. The molecule has 150 valence electrons. The lowest BCUT2D eigenvalue weighted by Crippen LogP contribution is -1.78. The molecular formula is C28H18Cl2O. The van der Waals surface area contributed by atoms with Crippen LogP contribution >= 0.6 is 23.2 Å². The average molecular weight is 441 g/mol. The summed E-state index contributed by atoms with van der Waals surface area (Å²) in [5.41, 5.74) is 6.37. The third-order valence-electron chi connectivity index (χ3n) is 5.22. The van der Waals surface area contributed by atoms with Crippen LogP contribution in [0.1, 0.15) is 11.1 Å². The minimum Gasteiger partial charge on any atom is -0.455 e. The summed E-state index contributed by atoms with van der Waals surface area (Å²) >= 11 is 12.3. The van der Waals surface area contributed by atoms with Gasteiger partial charge in [-0.3, -0.25) is 0 Å². The minimum absolute atomic E-state index is 0.520. The van der Waals surface area contributed by atoms with E-state index < -0.39 is 0 Å². The molecule has 0 bridgehead atoms. The van der Waals surface area contributed by atoms with Gasteiger partial charge in [-0.15, -0.1) is 0 Å². The van der Waals surface area contributed by atoms with Gasteiger partial charge in [0.2, 0.25) is 0 Å². The van der Waals surface area contributed by atoms with Gasteiger partial charge in [-0.05, 0) is 40.5 Å². The summed E-state index contributed by atoms with van der Waals surface area (Å²) in [5, 5.41) is 2.02. The monoisotopic (exact) mass is 440 g/mol. The highest BCUT2D eigenvalue weighted by Crippen LogP contribution is 2.34. The van der Waals surface area contributed by atoms with Crippen molar-refractivity contribution in [2.75, 3.05) is 0 Å². The SMILES string of the molecule is Clc1cc(Cl)c2oc(-c3ccc(C=Cc4ccc(-c5ccccc5)cc4)cc3)cc2c1. The molecule has 4 aromatic carbocycles. The van der Waals surface area contributed by atoms with E-state index in [9.17, 15) is 0 Å². The van der Waals surface area contributed by atoms with Gasteiger partial charge in [-0.1, -0.05) is 114 Å². The van der Waals surface area contributed by atoms with Crippen molar-refractivity contribution in [3.8, 4) is 22.5 Å². The van der Waals surface area contributed by atoms with Gasteiger partial charge in [0.25, 0.3) is 0 Å². The molecule has 0 amide bonds. The molecule has 31 heavy (non-hydrogen) atoms. The van der Waals surface area contributed by atoms with Crippen molar-refractivity contribution in [1.29, 1.82) is 0 Å². The van der Waals surface area contributed by atoms with Crippen molar-refractivity contribution in [1.82, 2.24) is 0 Å². The number of halogens is 2. The van der Waals surface area contributed by atoms with Gasteiger partial charge in [-0.25, -0.2) is 0 Å². The van der Waals surface area contributed by atoms with Crippen LogP contribution in [0.4, 0.5) is 0 Å². The first kappa shape index (κ1) is 19.7. The largest absolute Gasteiger partial charge is 0.455 e. The molecule has 0 aliphatic heterocycles. The Bertz CT molecular complexity index is 1360. The van der Waals surface area contributed by atoms with Gasteiger partial charge in [-0.2, -0.15) is 0 Å². The highest BCUT2D eigenvalue weighted by molar-refractivity contribution is 6.38. The van der Waals surface area contributed by atoms with Gasteiger partial charge in [0.15, 0.2) is 5.58 Å². The molecule has 0 aliphatic carbocycles. The number of fused-ring (bicyclic) bond motifs is 1. The number of rotatable bonds is 4. The van der Waals surface area contributed by atoms with Crippen molar-refractivity contribution in [2.24, 2.45) is 0 Å². The number of hydrogen-bond donors (Lipinski definition) is 0. The Hall–Kier alpha value is -3.26. The van der Waals surface area contributed by atoms with E-state index in [1.807, 2.05) is 30.3 Å². The van der Waals surface area contributed by atoms with E-state index in [4.69, 9.17) is 27.6 Å². The second kappa shape index (κ2) is 8.47. The molecule has 5 rings (SSSR count). The van der Waals surface area contributed by atoms with Crippen molar-refractivity contribution in [2.45, 2.75) is 0 Å². The van der Waals surface area contributed by atoms with Crippen LogP contribution < -0.4 is 0 Å². The molecule has 0 saturated heterocycles. The number of furan rings is 1. The van der Waals surface area contributed by atoms with Crippen LogP contribution in [0.5, 0.6) is 0 Å². The van der Waals surface area contributed by atoms with Crippen LogP contribution in [0.15, 0.2) is 101 Å². The van der Waals surface area contributed by atoms with E-state index in [1.54, 1.807) is 6.07 Å². The van der Waals surface area contributed by atoms with Gasteiger partial charge in [0.1, 0.15) is 5.76 Å². The molecule has 1 aromatic heterocycles. The molecule has 0 radical (unpaired) electrons. The topological polar surface area (TPSA) is 13.1 Å². The van der Waals surface area contributed by atoms with E-state index in [2.05, 4.69) is 72.8 Å². The third kappa shape index (κ3) is 4.29. The summed E-state index contributed by atoms with van der Waals surface area (Å²) in [4.78, 5) is 0. The van der Waals surface area contributed by atoms with E-state index in [0.717, 1.165) is 27.8 Å². The predicted molar refractivity (Wildman–Crippen MR) is 132 cm³/mol. The zero-order valence-corrected chi connectivity index (χ0v) is 18.1. The summed E-state index contributed by atoms with van der Waals surface area (Å²) < 4.78 is 5.95. The Balaban J connectivity index is 1.33. The van der Waals surface area contributed by atoms with Gasteiger partial charge in [0, 0.05) is 16.0 Å². The Kier molecular flexibility index (Phi) is 5.38. The number of benzene rings is 4. The molecule has 1 nitrogen and oxygen atoms in total. The Labute approximate surface area is 191 Å². The van der Waals surface area contributed by atoms with E-state index in [0.29, 0.717) is 15.6 Å². The summed E-state index contributed by atoms with van der Waals surface area (Å²) in [5.74, 6) is 0.770. The van der Waals surface area contributed by atoms with E-state index in [1.165, 1.54) is 11.1 Å². The Morgan fingerprint density at radius 3 is 1.81 bits per heavy atom. The van der Waals surface area contributed by atoms with Gasteiger partial charge in [0.05, 0.1) is 5.02 Å². The lowest BCUT2D eigenvalue weighted by molar-refractivity contribution is 0.631. The molecule has 5 aromatic rings. The van der Waals surface area contributed by atoms with Crippen LogP contribution in [0, 0.1) is 0 Å². The number of hydrogen-bond acceptors (Lipinski definition) is 1. The summed E-state index contributed by atoms with van der Waals surface area (Å²) in [6, 6.07) is 32.7. The molecule has 0 atom stereocenters. The smallest absolute Gasteiger partial charge is 0.153 e. The Morgan fingerprint density at radius 1 is 0.581 bits per heavy atom. The predicted octanol–water partition coefficient (Wildman–Crippen LogP) is 9.24. The van der Waals surface area contributed by atoms with Crippen LogP contribution in [-0.4, -0.2) is 0 Å². The normalized spacial score (nSPS) is 11.4. The van der Waals surface area contributed by atoms with Crippen LogP contribution in [-0.2, 0) is 0 Å². The van der Waals surface area contributed by atoms with Crippen molar-refractivity contribution >= 4 is 46.3 Å². The average Bonchev–Trinajstić information content (AvgIpc) is 3.23. The first-order valence-corrected chi connectivity index (χ1v) is 10.7. The highest BCUT2D eigenvalue weighted by atomic mass is 35.5. The summed E-state index contributed by atoms with van der Waals surface area (Å²) in [7, 11) is 0. The standard InChI is InChI=1S/C28H18Cl2O/c29-25-16-24-17-27(31-28(24)26(30)18-25)23-14-10-20(11-15-23)7-6-19-8-12-22(13-9-19)21-4-2-1-3-5-21/h1-18H. The molecule has 0 aliphatic rings. The maximum Gasteiger partial charge on any atom is 0.153 e. The second-order valence-corrected chi connectivity index (χ2v) is 8.20. The zero-order valence-electron chi connectivity index (χ0n) is 16.6. The fourth-order valence-electron chi connectivity index (χ4n) is 3.59. The summed E-state index contributed by atoms with van der Waals surface area (Å²) in [6.45, 7) is 0. The van der Waals surface area contributed by atoms with E-state index in [-0.39, 0.29) is 0 Å².